The number of ether oxygens (including phenoxy) is 1. The van der Waals surface area contributed by atoms with E-state index in [1.54, 1.807) is 42.5 Å². The van der Waals surface area contributed by atoms with Crippen LogP contribution in [0, 0.1) is 0 Å². The van der Waals surface area contributed by atoms with Crippen LogP contribution >= 0.6 is 27.5 Å². The number of carbonyl (C=O) groups is 3. The van der Waals surface area contributed by atoms with Gasteiger partial charge in [-0.2, -0.15) is 5.10 Å². The monoisotopic (exact) mass is 619 g/mol. The van der Waals surface area contributed by atoms with Crippen molar-refractivity contribution in [1.82, 2.24) is 10.7 Å². The number of carbonyl (C=O) groups excluding carboxylic acids is 3. The fourth-order valence-corrected chi connectivity index (χ4v) is 4.52. The van der Waals surface area contributed by atoms with Crippen LogP contribution in [-0.4, -0.2) is 30.5 Å². The number of benzene rings is 2. The third-order valence-electron chi connectivity index (χ3n) is 6.11. The first-order valence-corrected chi connectivity index (χ1v) is 14.9. The Bertz CT molecular complexity index is 1090. The van der Waals surface area contributed by atoms with Crippen molar-refractivity contribution in [2.24, 2.45) is 5.10 Å². The SMILES string of the molecule is CCCCCCCCCCCCCC(=O)NCC(=O)N/N=C/c1cc(Br)ccc1OC(=O)c1ccccc1Cl. The Balaban J connectivity index is 1.66. The summed E-state index contributed by atoms with van der Waals surface area (Å²) in [6.07, 6.45) is 15.2. The second-order valence-electron chi connectivity index (χ2n) is 9.41. The van der Waals surface area contributed by atoms with E-state index in [1.807, 2.05) is 0 Å². The summed E-state index contributed by atoms with van der Waals surface area (Å²) >= 11 is 9.46. The smallest absolute Gasteiger partial charge is 0.345 e. The lowest BCUT2D eigenvalue weighted by atomic mass is 10.1. The average Bonchev–Trinajstić information content (AvgIpc) is 2.92. The number of rotatable bonds is 18. The molecule has 2 aromatic carbocycles. The highest BCUT2D eigenvalue weighted by atomic mass is 79.9. The molecule has 0 aliphatic heterocycles. The molecule has 0 saturated carbocycles. The van der Waals surface area contributed by atoms with Crippen molar-refractivity contribution >= 4 is 51.5 Å². The van der Waals surface area contributed by atoms with E-state index in [4.69, 9.17) is 16.3 Å². The maximum absolute atomic E-state index is 12.5. The van der Waals surface area contributed by atoms with Gasteiger partial charge in [-0.15, -0.1) is 0 Å². The molecule has 0 aromatic heterocycles. The molecule has 0 aliphatic carbocycles. The van der Waals surface area contributed by atoms with E-state index in [2.05, 4.69) is 38.7 Å². The van der Waals surface area contributed by atoms with Crippen LogP contribution in [0.5, 0.6) is 5.75 Å². The number of nitrogens with zero attached hydrogens (tertiary/aromatic N) is 1. The predicted octanol–water partition coefficient (Wildman–Crippen LogP) is 7.59. The standard InChI is InChI=1S/C30H39BrClN3O4/c1-2-3-4-5-6-7-8-9-10-11-12-17-28(36)33-22-29(37)35-34-21-23-20-24(31)18-19-27(23)39-30(38)25-15-13-14-16-26(25)32/h13-16,18-21H,2-12,17,22H2,1H3,(H,33,36)(H,35,37)/b34-21+. The molecule has 2 aromatic rings. The van der Waals surface area contributed by atoms with E-state index in [-0.39, 0.29) is 28.8 Å². The number of halogens is 2. The zero-order chi connectivity index (χ0) is 28.3. The molecule has 0 aliphatic rings. The predicted molar refractivity (Wildman–Crippen MR) is 160 cm³/mol. The van der Waals surface area contributed by atoms with Gasteiger partial charge in [0.05, 0.1) is 23.3 Å². The third kappa shape index (κ3) is 13.8. The van der Waals surface area contributed by atoms with Crippen molar-refractivity contribution in [3.63, 3.8) is 0 Å². The van der Waals surface area contributed by atoms with Gasteiger partial charge in [0.25, 0.3) is 5.91 Å². The summed E-state index contributed by atoms with van der Waals surface area (Å²) in [5.41, 5.74) is 3.08. The fourth-order valence-electron chi connectivity index (χ4n) is 3.93. The van der Waals surface area contributed by atoms with Crippen molar-refractivity contribution in [1.29, 1.82) is 0 Å². The van der Waals surface area contributed by atoms with Crippen molar-refractivity contribution in [3.8, 4) is 5.75 Å². The zero-order valence-corrected chi connectivity index (χ0v) is 25.0. The molecular weight excluding hydrogens is 582 g/mol. The Kier molecular flexibility index (Phi) is 16.1. The Morgan fingerprint density at radius 2 is 1.54 bits per heavy atom. The Labute approximate surface area is 245 Å². The molecule has 2 N–H and O–H groups in total. The average molecular weight is 621 g/mol. The highest BCUT2D eigenvalue weighted by Crippen LogP contribution is 2.24. The second-order valence-corrected chi connectivity index (χ2v) is 10.7. The zero-order valence-electron chi connectivity index (χ0n) is 22.6. The highest BCUT2D eigenvalue weighted by molar-refractivity contribution is 9.10. The molecule has 0 atom stereocenters. The van der Waals surface area contributed by atoms with Crippen LogP contribution in [0.15, 0.2) is 52.0 Å². The summed E-state index contributed by atoms with van der Waals surface area (Å²) in [4.78, 5) is 36.7. The van der Waals surface area contributed by atoms with Gasteiger partial charge < -0.3 is 10.1 Å². The largest absolute Gasteiger partial charge is 0.422 e. The van der Waals surface area contributed by atoms with Crippen LogP contribution in [0.4, 0.5) is 0 Å². The van der Waals surface area contributed by atoms with E-state index in [0.717, 1.165) is 23.7 Å². The summed E-state index contributed by atoms with van der Waals surface area (Å²) < 4.78 is 6.23. The molecule has 0 unspecified atom stereocenters. The number of nitrogens with one attached hydrogen (secondary N) is 2. The molecule has 2 rings (SSSR count). The van der Waals surface area contributed by atoms with Crippen LogP contribution in [0.3, 0.4) is 0 Å². The molecule has 0 bridgehead atoms. The Morgan fingerprint density at radius 1 is 0.897 bits per heavy atom. The fraction of sp³-hybridized carbons (Fsp3) is 0.467. The summed E-state index contributed by atoms with van der Waals surface area (Å²) in [7, 11) is 0. The first kappa shape index (κ1) is 32.5. The third-order valence-corrected chi connectivity index (χ3v) is 6.94. The lowest BCUT2D eigenvalue weighted by molar-refractivity contribution is -0.126. The van der Waals surface area contributed by atoms with Crippen molar-refractivity contribution < 1.29 is 19.1 Å². The van der Waals surface area contributed by atoms with Crippen molar-refractivity contribution in [2.75, 3.05) is 6.54 Å². The lowest BCUT2D eigenvalue weighted by Gasteiger charge is -2.09. The van der Waals surface area contributed by atoms with Crippen molar-refractivity contribution in [3.05, 3.63) is 63.1 Å². The summed E-state index contributed by atoms with van der Waals surface area (Å²) in [6, 6.07) is 11.6. The molecule has 0 fully saturated rings. The molecule has 39 heavy (non-hydrogen) atoms. The lowest BCUT2D eigenvalue weighted by Crippen LogP contribution is -2.34. The number of amides is 2. The molecule has 212 valence electrons. The van der Waals surface area contributed by atoms with Gasteiger partial charge in [-0.3, -0.25) is 9.59 Å². The van der Waals surface area contributed by atoms with E-state index < -0.39 is 11.9 Å². The molecule has 0 saturated heterocycles. The van der Waals surface area contributed by atoms with Crippen LogP contribution in [0.2, 0.25) is 5.02 Å². The van der Waals surface area contributed by atoms with Gasteiger partial charge in [0.15, 0.2) is 0 Å². The summed E-state index contributed by atoms with van der Waals surface area (Å²) in [5, 5.41) is 6.84. The van der Waals surface area contributed by atoms with Crippen LogP contribution < -0.4 is 15.5 Å². The van der Waals surface area contributed by atoms with Crippen LogP contribution in [0.1, 0.15) is 99.9 Å². The molecular formula is C30H39BrClN3O4. The van der Waals surface area contributed by atoms with Gasteiger partial charge >= 0.3 is 5.97 Å². The first-order chi connectivity index (χ1) is 18.9. The van der Waals surface area contributed by atoms with Crippen LogP contribution in [-0.2, 0) is 9.59 Å². The Hall–Kier alpha value is -2.71. The summed E-state index contributed by atoms with van der Waals surface area (Å²) in [5.74, 6) is -0.961. The molecule has 0 spiro atoms. The number of hydrogen-bond acceptors (Lipinski definition) is 5. The minimum absolute atomic E-state index is 0.147. The molecule has 2 amide bonds. The maximum Gasteiger partial charge on any atom is 0.345 e. The minimum Gasteiger partial charge on any atom is -0.422 e. The highest BCUT2D eigenvalue weighted by Gasteiger charge is 2.14. The second kappa shape index (κ2) is 19.4. The van der Waals surface area contributed by atoms with Gasteiger partial charge in [-0.25, -0.2) is 10.2 Å². The van der Waals surface area contributed by atoms with Gasteiger partial charge in [0, 0.05) is 16.5 Å². The Morgan fingerprint density at radius 3 is 2.21 bits per heavy atom. The number of hydrogen-bond donors (Lipinski definition) is 2. The van der Waals surface area contributed by atoms with E-state index in [0.29, 0.717) is 12.0 Å². The number of esters is 1. The molecule has 7 nitrogen and oxygen atoms in total. The topological polar surface area (TPSA) is 96.9 Å². The summed E-state index contributed by atoms with van der Waals surface area (Å²) in [6.45, 7) is 2.07. The molecule has 9 heteroatoms. The van der Waals surface area contributed by atoms with E-state index in [9.17, 15) is 14.4 Å². The van der Waals surface area contributed by atoms with Gasteiger partial charge in [-0.05, 0) is 36.8 Å². The quantitative estimate of drug-likeness (QED) is 0.0590. The maximum atomic E-state index is 12.5. The van der Waals surface area contributed by atoms with Crippen molar-refractivity contribution in [2.45, 2.75) is 84.0 Å². The molecule has 0 heterocycles. The van der Waals surface area contributed by atoms with E-state index >= 15 is 0 Å². The van der Waals surface area contributed by atoms with Gasteiger partial charge in [0.2, 0.25) is 5.91 Å². The first-order valence-electron chi connectivity index (χ1n) is 13.8. The minimum atomic E-state index is -0.609. The van der Waals surface area contributed by atoms with Gasteiger partial charge in [0.1, 0.15) is 5.75 Å². The van der Waals surface area contributed by atoms with Gasteiger partial charge in [-0.1, -0.05) is 111 Å². The molecule has 0 radical (unpaired) electrons. The van der Waals surface area contributed by atoms with Crippen LogP contribution in [0.25, 0.3) is 0 Å². The van der Waals surface area contributed by atoms with E-state index in [1.165, 1.54) is 57.6 Å². The normalized spacial score (nSPS) is 10.9. The number of hydrazone groups is 1. The number of unbranched alkanes of at least 4 members (excludes halogenated alkanes) is 10.